The molecule has 138 valence electrons. The molecule has 4 rings (SSSR count). The number of aromatic nitrogens is 3. The quantitative estimate of drug-likeness (QED) is 0.560. The molecular formula is C21H14F2N4O. The van der Waals surface area contributed by atoms with Crippen LogP contribution in [0.2, 0.25) is 0 Å². The van der Waals surface area contributed by atoms with E-state index in [-0.39, 0.29) is 17.5 Å². The molecule has 0 unspecified atom stereocenters. The third-order valence-corrected chi connectivity index (χ3v) is 4.30. The molecule has 5 nitrogen and oxygen atoms in total. The van der Waals surface area contributed by atoms with Crippen LogP contribution in [0.4, 0.5) is 8.78 Å². The molecule has 0 aliphatic rings. The topological polar surface area (TPSA) is 84.7 Å². The van der Waals surface area contributed by atoms with Gasteiger partial charge in [0.2, 0.25) is 5.82 Å². The van der Waals surface area contributed by atoms with Gasteiger partial charge in [0.15, 0.2) is 5.82 Å². The van der Waals surface area contributed by atoms with E-state index in [0.717, 1.165) is 0 Å². The maximum absolute atomic E-state index is 14.7. The molecule has 0 bridgehead atoms. The molecule has 28 heavy (non-hydrogen) atoms. The van der Waals surface area contributed by atoms with Gasteiger partial charge in [-0.3, -0.25) is 9.89 Å². The van der Waals surface area contributed by atoms with Crippen LogP contribution in [0.3, 0.4) is 0 Å². The number of hydrogen-bond acceptors (Lipinski definition) is 3. The lowest BCUT2D eigenvalue weighted by Gasteiger charge is -2.12. The molecule has 1 amide bonds. The van der Waals surface area contributed by atoms with Gasteiger partial charge in [0, 0.05) is 11.1 Å². The minimum Gasteiger partial charge on any atom is -0.363 e. The number of hydrogen-bond donors (Lipinski definition) is 2. The van der Waals surface area contributed by atoms with Gasteiger partial charge < -0.3 is 5.73 Å². The second-order valence-corrected chi connectivity index (χ2v) is 6.12. The van der Waals surface area contributed by atoms with Crippen molar-refractivity contribution in [1.29, 1.82) is 0 Å². The van der Waals surface area contributed by atoms with Crippen molar-refractivity contribution in [1.82, 2.24) is 15.2 Å². The maximum Gasteiger partial charge on any atom is 0.286 e. The number of amides is 1. The Hall–Kier alpha value is -3.87. The minimum atomic E-state index is -0.738. The summed E-state index contributed by atoms with van der Waals surface area (Å²) in [4.78, 5) is 15.2. The van der Waals surface area contributed by atoms with Crippen LogP contribution in [0.15, 0.2) is 66.7 Å². The third-order valence-electron chi connectivity index (χ3n) is 4.30. The first-order valence-electron chi connectivity index (χ1n) is 8.40. The fraction of sp³-hybridized carbons (Fsp3) is 0. The fourth-order valence-corrected chi connectivity index (χ4v) is 3.00. The van der Waals surface area contributed by atoms with Gasteiger partial charge in [-0.05, 0) is 47.0 Å². The smallest absolute Gasteiger partial charge is 0.286 e. The molecule has 0 saturated heterocycles. The molecule has 0 aliphatic heterocycles. The summed E-state index contributed by atoms with van der Waals surface area (Å²) in [5.41, 5.74) is 7.92. The molecule has 0 atom stereocenters. The number of carbonyl (C=O) groups excluding carboxylic acids is 1. The maximum atomic E-state index is 14.7. The number of rotatable bonds is 4. The Kier molecular flexibility index (Phi) is 4.41. The molecule has 3 aromatic carbocycles. The van der Waals surface area contributed by atoms with Gasteiger partial charge >= 0.3 is 0 Å². The van der Waals surface area contributed by atoms with E-state index < -0.39 is 11.7 Å². The van der Waals surface area contributed by atoms with Gasteiger partial charge in [0.25, 0.3) is 5.91 Å². The third kappa shape index (κ3) is 3.25. The average Bonchev–Trinajstić information content (AvgIpc) is 3.19. The number of H-pyrrole nitrogens is 1. The zero-order valence-corrected chi connectivity index (χ0v) is 14.5. The highest BCUT2D eigenvalue weighted by molar-refractivity contribution is 5.89. The molecular weight excluding hydrogens is 362 g/mol. The summed E-state index contributed by atoms with van der Waals surface area (Å²) >= 11 is 0. The van der Waals surface area contributed by atoms with Crippen molar-refractivity contribution >= 4 is 5.91 Å². The van der Waals surface area contributed by atoms with Crippen LogP contribution in [-0.2, 0) is 0 Å². The number of halogens is 2. The Morgan fingerprint density at radius 1 is 0.857 bits per heavy atom. The molecule has 0 radical (unpaired) electrons. The van der Waals surface area contributed by atoms with Crippen molar-refractivity contribution in [3.05, 3.63) is 84.2 Å². The predicted molar refractivity (Wildman–Crippen MR) is 101 cm³/mol. The van der Waals surface area contributed by atoms with E-state index in [2.05, 4.69) is 15.2 Å². The molecule has 0 spiro atoms. The van der Waals surface area contributed by atoms with Crippen LogP contribution in [0.5, 0.6) is 0 Å². The van der Waals surface area contributed by atoms with Crippen molar-refractivity contribution in [2.24, 2.45) is 5.73 Å². The van der Waals surface area contributed by atoms with Crippen LogP contribution in [0.1, 0.15) is 10.6 Å². The molecule has 4 aromatic rings. The highest BCUT2D eigenvalue weighted by atomic mass is 19.1. The van der Waals surface area contributed by atoms with Gasteiger partial charge in [-0.15, -0.1) is 0 Å². The van der Waals surface area contributed by atoms with E-state index in [0.29, 0.717) is 27.8 Å². The van der Waals surface area contributed by atoms with Crippen LogP contribution in [-0.4, -0.2) is 21.1 Å². The molecule has 1 aromatic heterocycles. The van der Waals surface area contributed by atoms with Gasteiger partial charge in [-0.1, -0.05) is 36.4 Å². The lowest BCUT2D eigenvalue weighted by molar-refractivity contribution is 0.0991. The highest BCUT2D eigenvalue weighted by Crippen LogP contribution is 2.35. The molecule has 0 fully saturated rings. The lowest BCUT2D eigenvalue weighted by Crippen LogP contribution is -2.12. The Morgan fingerprint density at radius 3 is 2.36 bits per heavy atom. The second-order valence-electron chi connectivity index (χ2n) is 6.12. The van der Waals surface area contributed by atoms with E-state index in [1.165, 1.54) is 24.3 Å². The second kappa shape index (κ2) is 7.03. The normalized spacial score (nSPS) is 10.8. The number of aromatic amines is 1. The van der Waals surface area contributed by atoms with Gasteiger partial charge in [0.1, 0.15) is 11.6 Å². The number of nitrogens with zero attached hydrogens (tertiary/aromatic N) is 2. The van der Waals surface area contributed by atoms with Crippen molar-refractivity contribution in [2.75, 3.05) is 0 Å². The SMILES string of the molecule is NC(=O)c1nc(-c2ccc(F)c(-c3ccccc3-c3cccc(F)c3)c2)n[nH]1. The lowest BCUT2D eigenvalue weighted by atomic mass is 9.93. The summed E-state index contributed by atoms with van der Waals surface area (Å²) in [5.74, 6) is -1.42. The minimum absolute atomic E-state index is 0.0824. The van der Waals surface area contributed by atoms with E-state index >= 15 is 0 Å². The van der Waals surface area contributed by atoms with Crippen LogP contribution in [0, 0.1) is 11.6 Å². The summed E-state index contributed by atoms with van der Waals surface area (Å²) in [6.45, 7) is 0. The zero-order chi connectivity index (χ0) is 19.7. The predicted octanol–water partition coefficient (Wildman–Crippen LogP) is 4.18. The summed E-state index contributed by atoms with van der Waals surface area (Å²) in [6.07, 6.45) is 0. The van der Waals surface area contributed by atoms with E-state index in [9.17, 15) is 13.6 Å². The van der Waals surface area contributed by atoms with E-state index in [1.807, 2.05) is 0 Å². The van der Waals surface area contributed by atoms with Crippen molar-refractivity contribution in [3.8, 4) is 33.6 Å². The summed E-state index contributed by atoms with van der Waals surface area (Å²) in [5, 5.41) is 6.41. The van der Waals surface area contributed by atoms with Crippen molar-refractivity contribution < 1.29 is 13.6 Å². The largest absolute Gasteiger partial charge is 0.363 e. The number of primary amides is 1. The first kappa shape index (κ1) is 17.5. The molecule has 3 N–H and O–H groups in total. The standard InChI is InChI=1S/C21H14F2N4O/c22-14-5-3-4-12(10-14)15-6-1-2-7-16(15)17-11-13(8-9-18(17)23)20-25-21(19(24)28)27-26-20/h1-11H,(H2,24,28)(H,25,26,27). The number of carbonyl (C=O) groups is 1. The summed E-state index contributed by atoms with van der Waals surface area (Å²) in [7, 11) is 0. The first-order valence-corrected chi connectivity index (χ1v) is 8.40. The Bertz CT molecular complexity index is 1190. The molecule has 7 heteroatoms. The van der Waals surface area contributed by atoms with Gasteiger partial charge in [-0.2, -0.15) is 5.10 Å². The Morgan fingerprint density at radius 2 is 1.64 bits per heavy atom. The van der Waals surface area contributed by atoms with Crippen molar-refractivity contribution in [3.63, 3.8) is 0 Å². The highest BCUT2D eigenvalue weighted by Gasteiger charge is 2.15. The zero-order valence-electron chi connectivity index (χ0n) is 14.5. The average molecular weight is 376 g/mol. The number of nitrogens with one attached hydrogen (secondary N) is 1. The Labute approximate surface area is 158 Å². The number of nitrogens with two attached hydrogens (primary N) is 1. The van der Waals surface area contributed by atoms with Crippen molar-refractivity contribution in [2.45, 2.75) is 0 Å². The summed E-state index contributed by atoms with van der Waals surface area (Å²) < 4.78 is 28.4. The van der Waals surface area contributed by atoms with Gasteiger partial charge in [0.05, 0.1) is 0 Å². The first-order chi connectivity index (χ1) is 13.5. The van der Waals surface area contributed by atoms with E-state index in [1.54, 1.807) is 42.5 Å². The number of benzene rings is 3. The molecule has 1 heterocycles. The molecule has 0 saturated carbocycles. The van der Waals surface area contributed by atoms with Crippen LogP contribution < -0.4 is 5.73 Å². The fourth-order valence-electron chi connectivity index (χ4n) is 3.00. The van der Waals surface area contributed by atoms with Crippen LogP contribution in [0.25, 0.3) is 33.6 Å². The van der Waals surface area contributed by atoms with Crippen LogP contribution >= 0.6 is 0 Å². The monoisotopic (exact) mass is 376 g/mol. The Balaban J connectivity index is 1.85. The van der Waals surface area contributed by atoms with Gasteiger partial charge in [-0.25, -0.2) is 13.8 Å². The molecule has 0 aliphatic carbocycles. The van der Waals surface area contributed by atoms with E-state index in [4.69, 9.17) is 5.73 Å². The summed E-state index contributed by atoms with van der Waals surface area (Å²) in [6, 6.07) is 17.7.